The zero-order valence-corrected chi connectivity index (χ0v) is 21.2. The van der Waals surface area contributed by atoms with Crippen molar-refractivity contribution in [2.24, 2.45) is 23.7 Å². The van der Waals surface area contributed by atoms with E-state index in [1.807, 2.05) is 6.07 Å². The lowest BCUT2D eigenvalue weighted by atomic mass is 9.95. The molecule has 198 valence electrons. The molecule has 2 saturated carbocycles. The Kier molecular flexibility index (Phi) is 5.65. The largest absolute Gasteiger partial charge is 0.480 e. The summed E-state index contributed by atoms with van der Waals surface area (Å²) in [6.07, 6.45) is 2.50. The molecule has 2 N–H and O–H groups in total. The summed E-state index contributed by atoms with van der Waals surface area (Å²) in [4.78, 5) is 24.0. The second kappa shape index (κ2) is 8.81. The number of hydrogen-bond acceptors (Lipinski definition) is 8. The van der Waals surface area contributed by atoms with Gasteiger partial charge in [-0.05, 0) is 31.4 Å². The summed E-state index contributed by atoms with van der Waals surface area (Å²) in [5.41, 5.74) is 10.6. The van der Waals surface area contributed by atoms with Crippen LogP contribution in [0.15, 0.2) is 41.4 Å². The molecule has 0 aromatic carbocycles. The molecule has 9 nitrogen and oxygen atoms in total. The lowest BCUT2D eigenvalue weighted by Gasteiger charge is -2.32. The van der Waals surface area contributed by atoms with Crippen molar-refractivity contribution in [2.45, 2.75) is 37.4 Å². The number of anilines is 1. The van der Waals surface area contributed by atoms with Gasteiger partial charge < -0.3 is 19.9 Å². The highest BCUT2D eigenvalue weighted by Gasteiger charge is 2.48. The van der Waals surface area contributed by atoms with Crippen molar-refractivity contribution in [1.29, 1.82) is 0 Å². The Morgan fingerprint density at radius 3 is 2.55 bits per heavy atom. The first-order valence-corrected chi connectivity index (χ1v) is 12.4. The van der Waals surface area contributed by atoms with Gasteiger partial charge in [0.1, 0.15) is 18.0 Å². The van der Waals surface area contributed by atoms with Crippen LogP contribution < -0.4 is 15.4 Å². The van der Waals surface area contributed by atoms with E-state index in [-0.39, 0.29) is 17.8 Å². The zero-order chi connectivity index (χ0) is 26.8. The summed E-state index contributed by atoms with van der Waals surface area (Å²) in [6, 6.07) is 3.51. The highest BCUT2D eigenvalue weighted by molar-refractivity contribution is 6.12. The average molecular weight is 525 g/mol. The fraction of sp³-hybridized carbons (Fsp3) is 0.423. The van der Waals surface area contributed by atoms with Gasteiger partial charge in [0.05, 0.1) is 30.1 Å². The van der Waals surface area contributed by atoms with Gasteiger partial charge in [0, 0.05) is 61.7 Å². The van der Waals surface area contributed by atoms with E-state index in [9.17, 15) is 13.2 Å². The maximum Gasteiger partial charge on any atom is 0.434 e. The monoisotopic (exact) mass is 524 g/mol. The number of imidazole rings is 1. The number of aliphatic imine (C=N–C) groups is 1. The number of fused-ring (bicyclic) bond motifs is 2. The number of pyridine rings is 1. The Hall–Kier alpha value is -3.96. The fourth-order valence-electron chi connectivity index (χ4n) is 5.72. The Labute approximate surface area is 217 Å². The van der Waals surface area contributed by atoms with E-state index < -0.39 is 11.9 Å². The number of nitrogens with two attached hydrogens (primary N) is 1. The number of ether oxygens (including phenoxy) is 1. The molecule has 1 saturated heterocycles. The van der Waals surface area contributed by atoms with Crippen LogP contribution in [0.25, 0.3) is 17.1 Å². The second-order valence-electron chi connectivity index (χ2n) is 9.92. The molecule has 0 radical (unpaired) electrons. The lowest BCUT2D eigenvalue weighted by molar-refractivity contribution is -0.140. The summed E-state index contributed by atoms with van der Waals surface area (Å²) >= 11 is 0. The van der Waals surface area contributed by atoms with Gasteiger partial charge in [-0.25, -0.2) is 19.9 Å². The van der Waals surface area contributed by atoms with Crippen LogP contribution in [-0.2, 0) is 13.2 Å². The first-order chi connectivity index (χ1) is 18.2. The quantitative estimate of drug-likeness (QED) is 0.541. The lowest BCUT2D eigenvalue weighted by Crippen LogP contribution is -2.39. The molecule has 0 amide bonds. The van der Waals surface area contributed by atoms with Crippen molar-refractivity contribution in [1.82, 2.24) is 24.5 Å². The number of piperidine rings is 1. The van der Waals surface area contributed by atoms with Crippen LogP contribution in [0.2, 0.25) is 0 Å². The van der Waals surface area contributed by atoms with E-state index in [2.05, 4.69) is 29.8 Å². The Balaban J connectivity index is 1.36. The third-order valence-corrected chi connectivity index (χ3v) is 7.56. The van der Waals surface area contributed by atoms with Crippen LogP contribution in [0.4, 0.5) is 19.0 Å². The first-order valence-electron chi connectivity index (χ1n) is 12.4. The number of aryl methyl sites for hydroxylation is 1. The molecule has 3 aromatic heterocycles. The van der Waals surface area contributed by atoms with Crippen LogP contribution in [0.3, 0.4) is 0 Å². The highest BCUT2D eigenvalue weighted by atomic mass is 19.4. The standard InChI is InChI=1S/C26H27F3N8O/c1-31-22-15-8-16(19(22)21(30)20-23(13-4-5-13)33-12-34-25(20)38-3)37(10-15)18-7-6-14(9-32-18)24-35-17(11-36(24)2)26(27,28)29/h6-7,9,11-13,15-16H,4-5,8,10,30H2,1-3H3/b21-19-,31-22?. The Morgan fingerprint density at radius 1 is 1.16 bits per heavy atom. The SMILES string of the molecule is CN=C1/C(=C(\N)c2c(OC)ncnc2C2CC2)C2CC1CN2c1ccc(-c2nc(C(F)(F)F)cn2C)cn1. The van der Waals surface area contributed by atoms with Gasteiger partial charge in [-0.3, -0.25) is 4.99 Å². The van der Waals surface area contributed by atoms with E-state index in [0.717, 1.165) is 54.5 Å². The summed E-state index contributed by atoms with van der Waals surface area (Å²) in [5.74, 6) is 1.89. The van der Waals surface area contributed by atoms with Crippen LogP contribution in [0.1, 0.15) is 42.1 Å². The maximum absolute atomic E-state index is 13.1. The van der Waals surface area contributed by atoms with Gasteiger partial charge in [-0.1, -0.05) is 0 Å². The van der Waals surface area contributed by atoms with Crippen molar-refractivity contribution in [3.05, 3.63) is 53.4 Å². The molecular formula is C26H27F3N8O. The van der Waals surface area contributed by atoms with Gasteiger partial charge in [0.25, 0.3) is 0 Å². The zero-order valence-electron chi connectivity index (χ0n) is 21.2. The Bertz CT molecular complexity index is 1460. The molecule has 2 unspecified atom stereocenters. The van der Waals surface area contributed by atoms with Gasteiger partial charge in [0.15, 0.2) is 5.69 Å². The van der Waals surface area contributed by atoms with Crippen molar-refractivity contribution >= 4 is 17.2 Å². The number of nitrogens with zero attached hydrogens (tertiary/aromatic N) is 7. The van der Waals surface area contributed by atoms with Crippen LogP contribution in [0, 0.1) is 5.92 Å². The number of alkyl halides is 3. The molecule has 2 atom stereocenters. The topological polar surface area (TPSA) is 107 Å². The first kappa shape index (κ1) is 24.4. The normalized spacial score (nSPS) is 23.4. The summed E-state index contributed by atoms with van der Waals surface area (Å²) in [6.45, 7) is 0.721. The average Bonchev–Trinajstić information content (AvgIpc) is 3.40. The molecule has 2 bridgehead atoms. The van der Waals surface area contributed by atoms with Crippen molar-refractivity contribution < 1.29 is 17.9 Å². The fourth-order valence-corrected chi connectivity index (χ4v) is 5.72. The van der Waals surface area contributed by atoms with Crippen molar-refractivity contribution in [2.75, 3.05) is 25.6 Å². The second-order valence-corrected chi connectivity index (χ2v) is 9.92. The van der Waals surface area contributed by atoms with Gasteiger partial charge in [0.2, 0.25) is 5.88 Å². The van der Waals surface area contributed by atoms with E-state index in [1.165, 1.54) is 17.9 Å². The third kappa shape index (κ3) is 3.89. The smallest absolute Gasteiger partial charge is 0.434 e. The molecule has 4 heterocycles. The van der Waals surface area contributed by atoms with Crippen molar-refractivity contribution in [3.8, 4) is 17.3 Å². The van der Waals surface area contributed by atoms with E-state index in [0.29, 0.717) is 28.9 Å². The van der Waals surface area contributed by atoms with E-state index in [1.54, 1.807) is 26.4 Å². The van der Waals surface area contributed by atoms with Gasteiger partial charge in [-0.2, -0.15) is 13.2 Å². The van der Waals surface area contributed by atoms with E-state index >= 15 is 0 Å². The minimum atomic E-state index is -4.51. The number of aromatic nitrogens is 5. The Morgan fingerprint density at radius 2 is 1.95 bits per heavy atom. The predicted octanol–water partition coefficient (Wildman–Crippen LogP) is 3.83. The van der Waals surface area contributed by atoms with Crippen LogP contribution in [0.5, 0.6) is 5.88 Å². The number of hydrogen-bond donors (Lipinski definition) is 1. The van der Waals surface area contributed by atoms with Crippen molar-refractivity contribution in [3.63, 3.8) is 0 Å². The molecule has 6 rings (SSSR count). The molecule has 3 aliphatic rings. The number of rotatable bonds is 5. The highest BCUT2D eigenvalue weighted by Crippen LogP contribution is 2.47. The molecule has 12 heteroatoms. The van der Waals surface area contributed by atoms with Crippen LogP contribution >= 0.6 is 0 Å². The molecule has 38 heavy (non-hydrogen) atoms. The van der Waals surface area contributed by atoms with Gasteiger partial charge in [-0.15, -0.1) is 0 Å². The summed E-state index contributed by atoms with van der Waals surface area (Å²) in [7, 11) is 4.89. The van der Waals surface area contributed by atoms with E-state index in [4.69, 9.17) is 10.5 Å². The molecule has 2 aliphatic carbocycles. The summed E-state index contributed by atoms with van der Waals surface area (Å²) < 4.78 is 46.3. The molecule has 3 aromatic rings. The predicted molar refractivity (Wildman–Crippen MR) is 136 cm³/mol. The van der Waals surface area contributed by atoms with Crippen LogP contribution in [-0.4, -0.2) is 57.0 Å². The maximum atomic E-state index is 13.1. The number of methoxy groups -OCH3 is 1. The minimum absolute atomic E-state index is 0.0565. The third-order valence-electron chi connectivity index (χ3n) is 7.56. The molecule has 3 fully saturated rings. The molecular weight excluding hydrogens is 497 g/mol. The molecule has 1 aliphatic heterocycles. The summed E-state index contributed by atoms with van der Waals surface area (Å²) in [5, 5.41) is 0. The molecule has 0 spiro atoms. The number of halogens is 3. The minimum Gasteiger partial charge on any atom is -0.480 e. The van der Waals surface area contributed by atoms with Gasteiger partial charge >= 0.3 is 6.18 Å².